The molecule has 1 aliphatic carbocycles. The van der Waals surface area contributed by atoms with Gasteiger partial charge in [0.2, 0.25) is 0 Å². The number of ether oxygens (including phenoxy) is 1. The summed E-state index contributed by atoms with van der Waals surface area (Å²) < 4.78 is 73.4. The van der Waals surface area contributed by atoms with Crippen LogP contribution in [0.4, 0.5) is 26.3 Å². The maximum absolute atomic E-state index is 11.9. The lowest BCUT2D eigenvalue weighted by Gasteiger charge is -2.37. The van der Waals surface area contributed by atoms with E-state index in [0.717, 1.165) is 0 Å². The SMILES string of the molecule is FC(F)(F)OC1CCC1C(F)(F)F. The van der Waals surface area contributed by atoms with E-state index < -0.39 is 24.6 Å². The van der Waals surface area contributed by atoms with Crippen LogP contribution in [-0.4, -0.2) is 18.6 Å². The van der Waals surface area contributed by atoms with Gasteiger partial charge in [0.15, 0.2) is 0 Å². The van der Waals surface area contributed by atoms with Crippen LogP contribution in [0, 0.1) is 5.92 Å². The maximum Gasteiger partial charge on any atom is 0.522 e. The molecule has 0 saturated heterocycles. The second kappa shape index (κ2) is 3.04. The van der Waals surface area contributed by atoms with Crippen LogP contribution >= 0.6 is 0 Å². The van der Waals surface area contributed by atoms with Gasteiger partial charge in [-0.1, -0.05) is 0 Å². The fourth-order valence-electron chi connectivity index (χ4n) is 1.16. The molecule has 1 fully saturated rings. The molecule has 1 rings (SSSR count). The van der Waals surface area contributed by atoms with Gasteiger partial charge in [0, 0.05) is 0 Å². The molecule has 0 aliphatic heterocycles. The molecule has 0 spiro atoms. The minimum atomic E-state index is -4.98. The monoisotopic (exact) mass is 208 g/mol. The number of hydrogen-bond acceptors (Lipinski definition) is 1. The molecule has 0 amide bonds. The maximum atomic E-state index is 11.9. The zero-order valence-corrected chi connectivity index (χ0v) is 6.24. The van der Waals surface area contributed by atoms with Gasteiger partial charge in [-0.05, 0) is 12.8 Å². The Morgan fingerprint density at radius 1 is 0.923 bits per heavy atom. The average molecular weight is 208 g/mol. The Labute approximate surface area is 69.7 Å². The largest absolute Gasteiger partial charge is 0.522 e. The Balaban J connectivity index is 2.47. The summed E-state index contributed by atoms with van der Waals surface area (Å²) in [6, 6.07) is 0. The van der Waals surface area contributed by atoms with Crippen LogP contribution in [0.15, 0.2) is 0 Å². The van der Waals surface area contributed by atoms with Gasteiger partial charge in [-0.3, -0.25) is 4.74 Å². The predicted octanol–water partition coefficient (Wildman–Crippen LogP) is 2.86. The van der Waals surface area contributed by atoms with Crippen molar-refractivity contribution in [3.63, 3.8) is 0 Å². The fraction of sp³-hybridized carbons (Fsp3) is 1.00. The zero-order valence-electron chi connectivity index (χ0n) is 6.24. The van der Waals surface area contributed by atoms with Crippen molar-refractivity contribution in [1.29, 1.82) is 0 Å². The van der Waals surface area contributed by atoms with Gasteiger partial charge in [0.1, 0.15) is 0 Å². The summed E-state index contributed by atoms with van der Waals surface area (Å²) in [5.41, 5.74) is 0. The highest BCUT2D eigenvalue weighted by molar-refractivity contribution is 4.87. The molecule has 0 radical (unpaired) electrons. The molecule has 0 aromatic heterocycles. The van der Waals surface area contributed by atoms with E-state index in [0.29, 0.717) is 0 Å². The molecular weight excluding hydrogens is 202 g/mol. The van der Waals surface area contributed by atoms with E-state index in [-0.39, 0.29) is 12.8 Å². The van der Waals surface area contributed by atoms with Crippen LogP contribution in [0.25, 0.3) is 0 Å². The molecule has 1 aliphatic rings. The highest BCUT2D eigenvalue weighted by atomic mass is 19.4. The molecule has 0 N–H and O–H groups in total. The summed E-state index contributed by atoms with van der Waals surface area (Å²) in [7, 11) is 0. The minimum absolute atomic E-state index is 0.191. The minimum Gasteiger partial charge on any atom is -0.288 e. The summed E-state index contributed by atoms with van der Waals surface area (Å²) >= 11 is 0. The Morgan fingerprint density at radius 3 is 1.69 bits per heavy atom. The van der Waals surface area contributed by atoms with E-state index in [1.54, 1.807) is 0 Å². The van der Waals surface area contributed by atoms with E-state index in [1.807, 2.05) is 0 Å². The lowest BCUT2D eigenvalue weighted by atomic mass is 9.81. The zero-order chi connectivity index (χ0) is 10.3. The Bertz CT molecular complexity index is 183. The highest BCUT2D eigenvalue weighted by Crippen LogP contribution is 2.44. The number of halogens is 6. The van der Waals surface area contributed by atoms with E-state index in [4.69, 9.17) is 0 Å². The molecule has 78 valence electrons. The van der Waals surface area contributed by atoms with Gasteiger partial charge in [-0.25, -0.2) is 0 Å². The van der Waals surface area contributed by atoms with E-state index in [1.165, 1.54) is 0 Å². The summed E-state index contributed by atoms with van der Waals surface area (Å²) in [4.78, 5) is 0. The highest BCUT2D eigenvalue weighted by Gasteiger charge is 2.53. The van der Waals surface area contributed by atoms with Crippen LogP contribution in [0.2, 0.25) is 0 Å². The Morgan fingerprint density at radius 2 is 1.46 bits per heavy atom. The lowest BCUT2D eigenvalue weighted by Crippen LogP contribution is -2.46. The quantitative estimate of drug-likeness (QED) is 0.602. The summed E-state index contributed by atoms with van der Waals surface area (Å²) in [6.07, 6.45) is -11.8. The Kier molecular flexibility index (Phi) is 2.48. The first-order chi connectivity index (χ1) is 5.70. The standard InChI is InChI=1S/C6H6F6O/c7-5(8,9)3-1-2-4(3)13-6(10,11)12/h3-4H,1-2H2. The lowest BCUT2D eigenvalue weighted by molar-refractivity contribution is -0.374. The number of alkyl halides is 6. The van der Waals surface area contributed by atoms with Crippen LogP contribution in [0.1, 0.15) is 12.8 Å². The second-order valence-corrected chi connectivity index (χ2v) is 2.83. The summed E-state index contributed by atoms with van der Waals surface area (Å²) in [5.74, 6) is -1.96. The van der Waals surface area contributed by atoms with Gasteiger partial charge in [-0.15, -0.1) is 13.2 Å². The molecule has 0 aromatic carbocycles. The smallest absolute Gasteiger partial charge is 0.288 e. The second-order valence-electron chi connectivity index (χ2n) is 2.83. The predicted molar refractivity (Wildman–Crippen MR) is 29.7 cm³/mol. The Hall–Kier alpha value is -0.460. The molecule has 0 aromatic rings. The first kappa shape index (κ1) is 10.6. The van der Waals surface area contributed by atoms with Gasteiger partial charge < -0.3 is 0 Å². The van der Waals surface area contributed by atoms with Crippen molar-refractivity contribution in [2.45, 2.75) is 31.5 Å². The van der Waals surface area contributed by atoms with Crippen molar-refractivity contribution in [3.05, 3.63) is 0 Å². The van der Waals surface area contributed by atoms with E-state index in [2.05, 4.69) is 4.74 Å². The van der Waals surface area contributed by atoms with Crippen molar-refractivity contribution >= 4 is 0 Å². The third kappa shape index (κ3) is 2.75. The average Bonchev–Trinajstić information content (AvgIpc) is 1.73. The molecule has 7 heteroatoms. The first-order valence-corrected chi connectivity index (χ1v) is 3.51. The van der Waals surface area contributed by atoms with Gasteiger partial charge >= 0.3 is 12.5 Å². The van der Waals surface area contributed by atoms with Crippen LogP contribution in [-0.2, 0) is 4.74 Å². The fourth-order valence-corrected chi connectivity index (χ4v) is 1.16. The number of hydrogen-bond donors (Lipinski definition) is 0. The van der Waals surface area contributed by atoms with Gasteiger partial charge in [0.05, 0.1) is 12.0 Å². The van der Waals surface area contributed by atoms with Crippen molar-refractivity contribution in [2.24, 2.45) is 5.92 Å². The summed E-state index contributed by atoms with van der Waals surface area (Å²) in [6.45, 7) is 0. The molecule has 13 heavy (non-hydrogen) atoms. The molecule has 0 heterocycles. The van der Waals surface area contributed by atoms with Crippen LogP contribution in [0.5, 0.6) is 0 Å². The molecule has 1 nitrogen and oxygen atoms in total. The van der Waals surface area contributed by atoms with Crippen LogP contribution in [0.3, 0.4) is 0 Å². The summed E-state index contributed by atoms with van der Waals surface area (Å²) in [5, 5.41) is 0. The van der Waals surface area contributed by atoms with Crippen molar-refractivity contribution in [3.8, 4) is 0 Å². The van der Waals surface area contributed by atoms with E-state index in [9.17, 15) is 26.3 Å². The van der Waals surface area contributed by atoms with Gasteiger partial charge in [0.25, 0.3) is 0 Å². The van der Waals surface area contributed by atoms with Crippen molar-refractivity contribution < 1.29 is 31.1 Å². The van der Waals surface area contributed by atoms with Crippen molar-refractivity contribution in [2.75, 3.05) is 0 Å². The molecule has 2 unspecified atom stereocenters. The number of rotatable bonds is 1. The normalized spacial score (nSPS) is 30.0. The molecule has 2 atom stereocenters. The van der Waals surface area contributed by atoms with Gasteiger partial charge in [-0.2, -0.15) is 13.2 Å². The molecular formula is C6H6F6O. The molecule has 1 saturated carbocycles. The topological polar surface area (TPSA) is 9.23 Å². The van der Waals surface area contributed by atoms with E-state index >= 15 is 0 Å². The van der Waals surface area contributed by atoms with Crippen LogP contribution < -0.4 is 0 Å². The molecule has 0 bridgehead atoms. The third-order valence-corrected chi connectivity index (χ3v) is 1.92. The third-order valence-electron chi connectivity index (χ3n) is 1.92. The van der Waals surface area contributed by atoms with Crippen molar-refractivity contribution in [1.82, 2.24) is 0 Å². The first-order valence-electron chi connectivity index (χ1n) is 3.51.